The number of aliphatic hydroxyl groups is 1. The fourth-order valence-electron chi connectivity index (χ4n) is 4.22. The van der Waals surface area contributed by atoms with E-state index >= 15 is 0 Å². The van der Waals surface area contributed by atoms with Gasteiger partial charge in [0.15, 0.2) is 0 Å². The number of nitrogens with zero attached hydrogens (tertiary/aromatic N) is 3. The molecule has 0 spiro atoms. The molecule has 0 atom stereocenters. The maximum absolute atomic E-state index is 13.2. The number of aliphatic hydroxyl groups excluding tert-OH is 1. The molecule has 2 aromatic carbocycles. The number of carbonyl (C=O) groups is 1. The monoisotopic (exact) mass is 389 g/mol. The van der Waals surface area contributed by atoms with Crippen molar-refractivity contribution in [2.45, 2.75) is 31.7 Å². The number of likely N-dealkylation sites (tertiary alicyclic amines) is 1. The van der Waals surface area contributed by atoms with E-state index in [1.165, 1.54) is 5.56 Å². The molecular weight excluding hydrogens is 362 g/mol. The number of piperidine rings is 1. The normalized spacial score (nSPS) is 14.9. The van der Waals surface area contributed by atoms with Crippen molar-refractivity contribution >= 4 is 5.91 Å². The largest absolute Gasteiger partial charge is 0.394 e. The summed E-state index contributed by atoms with van der Waals surface area (Å²) >= 11 is 0. The van der Waals surface area contributed by atoms with Gasteiger partial charge in [-0.25, -0.2) is 0 Å². The van der Waals surface area contributed by atoms with Crippen molar-refractivity contribution in [1.29, 1.82) is 0 Å². The predicted molar refractivity (Wildman–Crippen MR) is 113 cm³/mol. The van der Waals surface area contributed by atoms with Crippen LogP contribution in [0.2, 0.25) is 0 Å². The number of amides is 1. The number of aromatic nitrogens is 2. The van der Waals surface area contributed by atoms with E-state index in [-0.39, 0.29) is 12.5 Å². The fourth-order valence-corrected chi connectivity index (χ4v) is 4.22. The van der Waals surface area contributed by atoms with Crippen molar-refractivity contribution in [2.24, 2.45) is 0 Å². The molecule has 29 heavy (non-hydrogen) atoms. The van der Waals surface area contributed by atoms with Gasteiger partial charge in [0.25, 0.3) is 5.91 Å². The van der Waals surface area contributed by atoms with E-state index in [2.05, 4.69) is 23.3 Å². The quantitative estimate of drug-likeness (QED) is 0.702. The predicted octanol–water partition coefficient (Wildman–Crippen LogP) is 3.49. The van der Waals surface area contributed by atoms with Crippen molar-refractivity contribution < 1.29 is 9.90 Å². The molecule has 1 N–H and O–H groups in total. The highest BCUT2D eigenvalue weighted by molar-refractivity contribution is 5.95. The van der Waals surface area contributed by atoms with Crippen LogP contribution >= 0.6 is 0 Å². The average Bonchev–Trinajstić information content (AvgIpc) is 3.23. The first-order valence-corrected chi connectivity index (χ1v) is 10.3. The van der Waals surface area contributed by atoms with E-state index in [4.69, 9.17) is 0 Å². The van der Waals surface area contributed by atoms with E-state index in [1.807, 2.05) is 52.0 Å². The highest BCUT2D eigenvalue weighted by atomic mass is 16.3. The van der Waals surface area contributed by atoms with Gasteiger partial charge < -0.3 is 10.0 Å². The van der Waals surface area contributed by atoms with Gasteiger partial charge in [-0.2, -0.15) is 5.10 Å². The summed E-state index contributed by atoms with van der Waals surface area (Å²) in [5, 5.41) is 13.5. The molecule has 0 saturated carbocycles. The third-order valence-electron chi connectivity index (χ3n) is 5.75. The van der Waals surface area contributed by atoms with Gasteiger partial charge in [0.1, 0.15) is 0 Å². The first kappa shape index (κ1) is 19.4. The molecule has 3 aromatic rings. The Morgan fingerprint density at radius 1 is 1.00 bits per heavy atom. The summed E-state index contributed by atoms with van der Waals surface area (Å²) in [4.78, 5) is 15.2. The summed E-state index contributed by atoms with van der Waals surface area (Å²) in [5.41, 5.74) is 4.26. The van der Waals surface area contributed by atoms with Crippen molar-refractivity contribution in [3.8, 4) is 0 Å². The van der Waals surface area contributed by atoms with Crippen LogP contribution in [-0.2, 0) is 13.0 Å². The summed E-state index contributed by atoms with van der Waals surface area (Å²) in [6.07, 6.45) is 4.40. The van der Waals surface area contributed by atoms with Gasteiger partial charge in [-0.15, -0.1) is 0 Å². The van der Waals surface area contributed by atoms with Gasteiger partial charge >= 0.3 is 0 Å². The van der Waals surface area contributed by atoms with Crippen molar-refractivity contribution in [1.82, 2.24) is 14.7 Å². The molecule has 5 heteroatoms. The maximum Gasteiger partial charge on any atom is 0.254 e. The molecule has 1 fully saturated rings. The molecule has 2 heterocycles. The lowest BCUT2D eigenvalue weighted by molar-refractivity contribution is 0.0710. The lowest BCUT2D eigenvalue weighted by Gasteiger charge is -2.32. The SMILES string of the molecule is O=C(c1ccccc1Cc1ccccc1)N1CCC(c2ccnn2CCO)CC1. The molecule has 1 saturated heterocycles. The molecule has 0 radical (unpaired) electrons. The first-order valence-electron chi connectivity index (χ1n) is 10.3. The topological polar surface area (TPSA) is 58.4 Å². The van der Waals surface area contributed by atoms with Gasteiger partial charge in [-0.3, -0.25) is 9.48 Å². The van der Waals surface area contributed by atoms with Crippen LogP contribution in [-0.4, -0.2) is 45.4 Å². The molecule has 4 rings (SSSR count). The second-order valence-electron chi connectivity index (χ2n) is 7.59. The van der Waals surface area contributed by atoms with Crippen LogP contribution in [0.3, 0.4) is 0 Å². The average molecular weight is 389 g/mol. The van der Waals surface area contributed by atoms with E-state index in [0.717, 1.165) is 49.2 Å². The number of rotatable bonds is 6. The summed E-state index contributed by atoms with van der Waals surface area (Å²) in [5.74, 6) is 0.506. The lowest BCUT2D eigenvalue weighted by Crippen LogP contribution is -2.38. The molecule has 1 amide bonds. The van der Waals surface area contributed by atoms with Gasteiger partial charge in [-0.05, 0) is 42.5 Å². The van der Waals surface area contributed by atoms with Crippen molar-refractivity contribution in [3.05, 3.63) is 89.2 Å². The molecule has 5 nitrogen and oxygen atoms in total. The Bertz CT molecular complexity index is 944. The third-order valence-corrected chi connectivity index (χ3v) is 5.75. The smallest absolute Gasteiger partial charge is 0.254 e. The summed E-state index contributed by atoms with van der Waals surface area (Å²) in [6, 6.07) is 20.3. The maximum atomic E-state index is 13.2. The molecule has 0 aliphatic carbocycles. The van der Waals surface area contributed by atoms with Gasteiger partial charge in [-0.1, -0.05) is 48.5 Å². The minimum absolute atomic E-state index is 0.0875. The summed E-state index contributed by atoms with van der Waals surface area (Å²) in [6.45, 7) is 2.10. The van der Waals surface area contributed by atoms with Crippen LogP contribution in [0.15, 0.2) is 66.9 Å². The van der Waals surface area contributed by atoms with Crippen molar-refractivity contribution in [2.75, 3.05) is 19.7 Å². The standard InChI is InChI=1S/C24H27N3O2/c28-17-16-27-23(10-13-25-27)20-11-14-26(15-12-20)24(29)22-9-5-4-8-21(22)18-19-6-2-1-3-7-19/h1-10,13,20,28H,11-12,14-18H2. The molecule has 0 unspecified atom stereocenters. The Hall–Kier alpha value is -2.92. The Kier molecular flexibility index (Phi) is 6.06. The Labute approximate surface area is 171 Å². The van der Waals surface area contributed by atoms with E-state index < -0.39 is 0 Å². The zero-order valence-corrected chi connectivity index (χ0v) is 16.6. The third kappa shape index (κ3) is 4.40. The first-order chi connectivity index (χ1) is 14.3. The minimum atomic E-state index is 0.0875. The zero-order chi connectivity index (χ0) is 20.1. The van der Waals surface area contributed by atoms with E-state index in [0.29, 0.717) is 12.5 Å². The highest BCUT2D eigenvalue weighted by Gasteiger charge is 2.27. The molecule has 1 aliphatic rings. The van der Waals surface area contributed by atoms with E-state index in [9.17, 15) is 9.90 Å². The molecule has 0 bridgehead atoms. The van der Waals surface area contributed by atoms with Gasteiger partial charge in [0.2, 0.25) is 0 Å². The number of hydrogen-bond donors (Lipinski definition) is 1. The Morgan fingerprint density at radius 3 is 2.48 bits per heavy atom. The van der Waals surface area contributed by atoms with Crippen LogP contribution in [0.5, 0.6) is 0 Å². The molecular formula is C24H27N3O2. The number of benzene rings is 2. The second kappa shape index (κ2) is 9.05. The number of hydrogen-bond acceptors (Lipinski definition) is 3. The lowest BCUT2D eigenvalue weighted by atomic mass is 9.92. The zero-order valence-electron chi connectivity index (χ0n) is 16.6. The fraction of sp³-hybridized carbons (Fsp3) is 0.333. The molecule has 150 valence electrons. The van der Waals surface area contributed by atoms with E-state index in [1.54, 1.807) is 6.20 Å². The number of carbonyl (C=O) groups excluding carboxylic acids is 1. The highest BCUT2D eigenvalue weighted by Crippen LogP contribution is 2.29. The van der Waals surface area contributed by atoms with Crippen LogP contribution in [0.1, 0.15) is 45.9 Å². The van der Waals surface area contributed by atoms with Gasteiger partial charge in [0.05, 0.1) is 13.2 Å². The Balaban J connectivity index is 1.44. The van der Waals surface area contributed by atoms with Crippen LogP contribution in [0.25, 0.3) is 0 Å². The second-order valence-corrected chi connectivity index (χ2v) is 7.59. The molecule has 1 aliphatic heterocycles. The summed E-state index contributed by atoms with van der Waals surface area (Å²) < 4.78 is 1.89. The van der Waals surface area contributed by atoms with Crippen molar-refractivity contribution in [3.63, 3.8) is 0 Å². The van der Waals surface area contributed by atoms with Crippen LogP contribution < -0.4 is 0 Å². The Morgan fingerprint density at radius 2 is 1.72 bits per heavy atom. The minimum Gasteiger partial charge on any atom is -0.394 e. The summed E-state index contributed by atoms with van der Waals surface area (Å²) in [7, 11) is 0. The molecule has 1 aromatic heterocycles. The van der Waals surface area contributed by atoms with Crippen LogP contribution in [0, 0.1) is 0 Å². The van der Waals surface area contributed by atoms with Crippen LogP contribution in [0.4, 0.5) is 0 Å². The van der Waals surface area contributed by atoms with Gasteiger partial charge in [0, 0.05) is 36.5 Å².